The molecule has 2 aromatic rings. The summed E-state index contributed by atoms with van der Waals surface area (Å²) in [4.78, 5) is 12.7. The van der Waals surface area contributed by atoms with Crippen molar-refractivity contribution in [2.45, 2.75) is 39.8 Å². The van der Waals surface area contributed by atoms with Crippen LogP contribution in [0.4, 0.5) is 10.1 Å². The Labute approximate surface area is 160 Å². The molecule has 0 fully saturated rings. The lowest BCUT2D eigenvalue weighted by molar-refractivity contribution is -0.122. The molecule has 146 valence electrons. The van der Waals surface area contributed by atoms with Crippen molar-refractivity contribution in [3.05, 3.63) is 65.0 Å². The van der Waals surface area contributed by atoms with Gasteiger partial charge in [-0.25, -0.2) is 12.8 Å². The van der Waals surface area contributed by atoms with Crippen LogP contribution in [0, 0.1) is 19.7 Å². The third-order valence-electron chi connectivity index (χ3n) is 4.40. The van der Waals surface area contributed by atoms with Gasteiger partial charge < -0.3 is 5.32 Å². The van der Waals surface area contributed by atoms with Gasteiger partial charge in [0.2, 0.25) is 15.9 Å². The molecule has 0 spiro atoms. The third kappa shape index (κ3) is 5.07. The van der Waals surface area contributed by atoms with Gasteiger partial charge in [0.05, 0.1) is 18.0 Å². The van der Waals surface area contributed by atoms with E-state index in [1.807, 2.05) is 39.0 Å². The van der Waals surface area contributed by atoms with E-state index in [1.54, 1.807) is 0 Å². The van der Waals surface area contributed by atoms with E-state index in [-0.39, 0.29) is 11.7 Å². The Morgan fingerprint density at radius 3 is 2.33 bits per heavy atom. The molecule has 2 rings (SSSR count). The van der Waals surface area contributed by atoms with E-state index in [9.17, 15) is 17.6 Å². The van der Waals surface area contributed by atoms with Crippen molar-refractivity contribution in [2.24, 2.45) is 0 Å². The van der Waals surface area contributed by atoms with Gasteiger partial charge in [-0.3, -0.25) is 9.10 Å². The van der Waals surface area contributed by atoms with E-state index < -0.39 is 27.8 Å². The molecule has 0 heterocycles. The predicted molar refractivity (Wildman–Crippen MR) is 106 cm³/mol. The molecule has 1 N–H and O–H groups in total. The molecular formula is C20H25FN2O3S. The SMILES string of the molecule is Cc1ccc(C(C)NC(=O)C(C)N(c2cccc(F)c2)S(C)(=O)=O)c(C)c1. The first-order valence-corrected chi connectivity index (χ1v) is 10.5. The van der Waals surface area contributed by atoms with E-state index in [1.165, 1.54) is 25.1 Å². The molecule has 2 aromatic carbocycles. The van der Waals surface area contributed by atoms with Crippen LogP contribution in [0.1, 0.15) is 36.6 Å². The zero-order valence-electron chi connectivity index (χ0n) is 16.2. The van der Waals surface area contributed by atoms with Crippen LogP contribution >= 0.6 is 0 Å². The van der Waals surface area contributed by atoms with E-state index in [0.29, 0.717) is 0 Å². The Morgan fingerprint density at radius 1 is 1.11 bits per heavy atom. The number of carbonyl (C=O) groups is 1. The highest BCUT2D eigenvalue weighted by Gasteiger charge is 2.30. The van der Waals surface area contributed by atoms with Crippen molar-refractivity contribution in [2.75, 3.05) is 10.6 Å². The van der Waals surface area contributed by atoms with E-state index in [0.717, 1.165) is 33.3 Å². The van der Waals surface area contributed by atoms with Crippen LogP contribution in [0.15, 0.2) is 42.5 Å². The van der Waals surface area contributed by atoms with E-state index in [2.05, 4.69) is 5.32 Å². The average molecular weight is 392 g/mol. The first-order valence-electron chi connectivity index (χ1n) is 8.63. The molecule has 7 heteroatoms. The zero-order valence-corrected chi connectivity index (χ0v) is 17.0. The van der Waals surface area contributed by atoms with Gasteiger partial charge in [-0.15, -0.1) is 0 Å². The molecule has 27 heavy (non-hydrogen) atoms. The van der Waals surface area contributed by atoms with Gasteiger partial charge in [-0.1, -0.05) is 29.8 Å². The second kappa shape index (κ2) is 8.08. The number of anilines is 1. The number of hydrogen-bond donors (Lipinski definition) is 1. The summed E-state index contributed by atoms with van der Waals surface area (Å²) < 4.78 is 39.0. The van der Waals surface area contributed by atoms with Crippen LogP contribution < -0.4 is 9.62 Å². The largest absolute Gasteiger partial charge is 0.348 e. The van der Waals surface area contributed by atoms with Crippen LogP contribution in [-0.4, -0.2) is 26.6 Å². The summed E-state index contributed by atoms with van der Waals surface area (Å²) >= 11 is 0. The summed E-state index contributed by atoms with van der Waals surface area (Å²) in [6.45, 7) is 7.28. The summed E-state index contributed by atoms with van der Waals surface area (Å²) in [7, 11) is -3.79. The van der Waals surface area contributed by atoms with Crippen molar-refractivity contribution < 1.29 is 17.6 Å². The fraction of sp³-hybridized carbons (Fsp3) is 0.350. The van der Waals surface area contributed by atoms with Crippen LogP contribution in [0.5, 0.6) is 0 Å². The highest BCUT2D eigenvalue weighted by atomic mass is 32.2. The first kappa shape index (κ1) is 20.9. The van der Waals surface area contributed by atoms with Crippen LogP contribution in [-0.2, 0) is 14.8 Å². The number of nitrogens with one attached hydrogen (secondary N) is 1. The molecule has 2 atom stereocenters. The highest BCUT2D eigenvalue weighted by Crippen LogP contribution is 2.23. The van der Waals surface area contributed by atoms with Gasteiger partial charge in [-0.2, -0.15) is 0 Å². The maximum absolute atomic E-state index is 13.6. The van der Waals surface area contributed by atoms with Gasteiger partial charge in [0.25, 0.3) is 0 Å². The smallest absolute Gasteiger partial charge is 0.244 e. The lowest BCUT2D eigenvalue weighted by Crippen LogP contribution is -2.48. The van der Waals surface area contributed by atoms with Gasteiger partial charge in [0, 0.05) is 0 Å². The maximum Gasteiger partial charge on any atom is 0.244 e. The Hall–Kier alpha value is -2.41. The van der Waals surface area contributed by atoms with E-state index in [4.69, 9.17) is 0 Å². The molecule has 1 amide bonds. The Balaban J connectivity index is 2.27. The maximum atomic E-state index is 13.6. The molecule has 0 aliphatic rings. The number of hydrogen-bond acceptors (Lipinski definition) is 3. The molecule has 0 saturated heterocycles. The van der Waals surface area contributed by atoms with Gasteiger partial charge in [0.1, 0.15) is 11.9 Å². The fourth-order valence-electron chi connectivity index (χ4n) is 3.15. The number of sulfonamides is 1. The van der Waals surface area contributed by atoms with Crippen molar-refractivity contribution in [1.82, 2.24) is 5.32 Å². The molecule has 0 bridgehead atoms. The topological polar surface area (TPSA) is 66.5 Å². The second-order valence-corrected chi connectivity index (χ2v) is 8.66. The normalized spacial score (nSPS) is 13.7. The molecule has 0 saturated carbocycles. The summed E-state index contributed by atoms with van der Waals surface area (Å²) in [6, 6.07) is 9.79. The second-order valence-electron chi connectivity index (χ2n) is 6.80. The van der Waals surface area contributed by atoms with Crippen LogP contribution in [0.3, 0.4) is 0 Å². The molecule has 0 aliphatic carbocycles. The van der Waals surface area contributed by atoms with Crippen molar-refractivity contribution in [3.63, 3.8) is 0 Å². The molecule has 0 aromatic heterocycles. The molecular weight excluding hydrogens is 367 g/mol. The quantitative estimate of drug-likeness (QED) is 0.819. The van der Waals surface area contributed by atoms with E-state index >= 15 is 0 Å². The van der Waals surface area contributed by atoms with Gasteiger partial charge in [0.15, 0.2) is 0 Å². The average Bonchev–Trinajstić information content (AvgIpc) is 2.53. The van der Waals surface area contributed by atoms with Crippen molar-refractivity contribution in [1.29, 1.82) is 0 Å². The lowest BCUT2D eigenvalue weighted by Gasteiger charge is -2.29. The summed E-state index contributed by atoms with van der Waals surface area (Å²) in [5.41, 5.74) is 3.23. The zero-order chi connectivity index (χ0) is 20.4. The van der Waals surface area contributed by atoms with Crippen LogP contribution in [0.25, 0.3) is 0 Å². The predicted octanol–water partition coefficient (Wildman–Crippen LogP) is 3.47. The molecule has 5 nitrogen and oxygen atoms in total. The lowest BCUT2D eigenvalue weighted by atomic mass is 10.00. The number of halogens is 1. The summed E-state index contributed by atoms with van der Waals surface area (Å²) in [6.07, 6.45) is 0.995. The summed E-state index contributed by atoms with van der Waals surface area (Å²) in [5, 5.41) is 2.85. The Morgan fingerprint density at radius 2 is 1.78 bits per heavy atom. The fourth-order valence-corrected chi connectivity index (χ4v) is 4.31. The minimum atomic E-state index is -3.79. The number of amides is 1. The number of carbonyl (C=O) groups excluding carboxylic acids is 1. The highest BCUT2D eigenvalue weighted by molar-refractivity contribution is 7.92. The minimum absolute atomic E-state index is 0.110. The van der Waals surface area contributed by atoms with Crippen LogP contribution in [0.2, 0.25) is 0 Å². The molecule has 0 radical (unpaired) electrons. The monoisotopic (exact) mass is 392 g/mol. The first-order chi connectivity index (χ1) is 12.5. The van der Waals surface area contributed by atoms with Crippen molar-refractivity contribution in [3.8, 4) is 0 Å². The number of rotatable bonds is 6. The third-order valence-corrected chi connectivity index (χ3v) is 5.64. The standard InChI is InChI=1S/C20H25FN2O3S/c1-13-9-10-19(14(2)11-13)15(3)22-20(24)16(4)23(27(5,25)26)18-8-6-7-17(21)12-18/h6-12,15-16H,1-5H3,(H,22,24). The molecule has 2 unspecified atom stereocenters. The number of nitrogens with zero attached hydrogens (tertiary/aromatic N) is 1. The van der Waals surface area contributed by atoms with Crippen molar-refractivity contribution >= 4 is 21.6 Å². The number of aryl methyl sites for hydroxylation is 2. The Bertz CT molecular complexity index is 944. The number of benzene rings is 2. The van der Waals surface area contributed by atoms with Gasteiger partial charge >= 0.3 is 0 Å². The minimum Gasteiger partial charge on any atom is -0.348 e. The van der Waals surface area contributed by atoms with Gasteiger partial charge in [-0.05, 0) is 57.0 Å². The summed E-state index contributed by atoms with van der Waals surface area (Å²) in [5.74, 6) is -1.03. The Kier molecular flexibility index (Phi) is 6.26. The molecule has 0 aliphatic heterocycles.